The molecule has 0 aliphatic heterocycles. The second-order valence-electron chi connectivity index (χ2n) is 4.44. The van der Waals surface area contributed by atoms with Crippen molar-refractivity contribution in [3.05, 3.63) is 66.9 Å². The Labute approximate surface area is 121 Å². The number of furan rings is 1. The highest BCUT2D eigenvalue weighted by atomic mass is 16.5. The van der Waals surface area contributed by atoms with Crippen molar-refractivity contribution in [2.24, 2.45) is 5.73 Å². The molecule has 1 heterocycles. The third kappa shape index (κ3) is 2.65. The van der Waals surface area contributed by atoms with Gasteiger partial charge in [-0.2, -0.15) is 0 Å². The molecule has 0 saturated carbocycles. The van der Waals surface area contributed by atoms with Crippen molar-refractivity contribution < 1.29 is 13.9 Å². The molecule has 2 N–H and O–H groups in total. The Balaban J connectivity index is 2.23. The minimum atomic E-state index is -0.844. The molecule has 0 aliphatic rings. The summed E-state index contributed by atoms with van der Waals surface area (Å²) in [6.45, 7) is 0. The lowest BCUT2D eigenvalue weighted by Crippen LogP contribution is -2.16. The summed E-state index contributed by atoms with van der Waals surface area (Å²) in [6.07, 6.45) is 0.759. The maximum Gasteiger partial charge on any atom is 0.409 e. The lowest BCUT2D eigenvalue weighted by molar-refractivity contribution is 0.211. The number of carbonyl (C=O) groups is 1. The van der Waals surface area contributed by atoms with Gasteiger partial charge >= 0.3 is 6.09 Å². The molecule has 0 aliphatic carbocycles. The number of ether oxygens (including phenoxy) is 1. The van der Waals surface area contributed by atoms with Crippen molar-refractivity contribution in [2.45, 2.75) is 0 Å². The first-order valence-electron chi connectivity index (χ1n) is 6.45. The van der Waals surface area contributed by atoms with Crippen LogP contribution in [0.25, 0.3) is 22.5 Å². The fourth-order valence-corrected chi connectivity index (χ4v) is 2.26. The van der Waals surface area contributed by atoms with E-state index >= 15 is 0 Å². The van der Waals surface area contributed by atoms with Gasteiger partial charge in [0.25, 0.3) is 0 Å². The summed E-state index contributed by atoms with van der Waals surface area (Å²) >= 11 is 0. The molecule has 0 atom stereocenters. The van der Waals surface area contributed by atoms with Crippen LogP contribution in [0.3, 0.4) is 0 Å². The van der Waals surface area contributed by atoms with Gasteiger partial charge in [-0.05, 0) is 23.8 Å². The van der Waals surface area contributed by atoms with Gasteiger partial charge in [-0.3, -0.25) is 0 Å². The van der Waals surface area contributed by atoms with E-state index in [1.54, 1.807) is 18.4 Å². The minimum absolute atomic E-state index is 0.405. The Kier molecular flexibility index (Phi) is 3.43. The normalized spacial score (nSPS) is 10.3. The van der Waals surface area contributed by atoms with E-state index in [-0.39, 0.29) is 0 Å². The van der Waals surface area contributed by atoms with Gasteiger partial charge in [0.15, 0.2) is 0 Å². The summed E-state index contributed by atoms with van der Waals surface area (Å²) < 4.78 is 10.6. The first-order chi connectivity index (χ1) is 10.3. The van der Waals surface area contributed by atoms with Crippen molar-refractivity contribution >= 4 is 6.09 Å². The predicted molar refractivity (Wildman–Crippen MR) is 79.8 cm³/mol. The molecule has 0 fully saturated rings. The quantitative estimate of drug-likeness (QED) is 0.785. The summed E-state index contributed by atoms with van der Waals surface area (Å²) in [7, 11) is 0. The van der Waals surface area contributed by atoms with Gasteiger partial charge in [0.1, 0.15) is 11.5 Å². The average Bonchev–Trinajstić information content (AvgIpc) is 3.01. The third-order valence-corrected chi connectivity index (χ3v) is 3.09. The van der Waals surface area contributed by atoms with E-state index in [0.717, 1.165) is 16.7 Å². The molecule has 21 heavy (non-hydrogen) atoms. The molecule has 1 aromatic heterocycles. The maximum atomic E-state index is 11.1. The fraction of sp³-hybridized carbons (Fsp3) is 0. The van der Waals surface area contributed by atoms with Crippen LogP contribution in [0.2, 0.25) is 0 Å². The minimum Gasteiger partial charge on any atom is -0.464 e. The molecule has 0 radical (unpaired) electrons. The van der Waals surface area contributed by atoms with Crippen molar-refractivity contribution in [1.82, 2.24) is 0 Å². The monoisotopic (exact) mass is 279 g/mol. The van der Waals surface area contributed by atoms with Crippen molar-refractivity contribution in [3.63, 3.8) is 0 Å². The first-order valence-corrected chi connectivity index (χ1v) is 6.45. The fourth-order valence-electron chi connectivity index (χ4n) is 2.26. The number of primary amides is 1. The molecule has 2 aromatic carbocycles. The van der Waals surface area contributed by atoms with Crippen LogP contribution in [0, 0.1) is 0 Å². The van der Waals surface area contributed by atoms with Crippen molar-refractivity contribution in [1.29, 1.82) is 0 Å². The van der Waals surface area contributed by atoms with E-state index < -0.39 is 6.09 Å². The second-order valence-corrected chi connectivity index (χ2v) is 4.44. The largest absolute Gasteiger partial charge is 0.464 e. The van der Waals surface area contributed by atoms with Crippen LogP contribution in [-0.2, 0) is 0 Å². The first kappa shape index (κ1) is 13.0. The van der Waals surface area contributed by atoms with Gasteiger partial charge in [-0.1, -0.05) is 42.5 Å². The van der Waals surface area contributed by atoms with Gasteiger partial charge in [-0.25, -0.2) is 4.79 Å². The van der Waals surface area contributed by atoms with E-state index in [1.807, 2.05) is 48.5 Å². The molecule has 0 spiro atoms. The zero-order valence-electron chi connectivity index (χ0n) is 11.2. The molecule has 104 valence electrons. The molecule has 4 nitrogen and oxygen atoms in total. The van der Waals surface area contributed by atoms with Crippen LogP contribution >= 0.6 is 0 Å². The van der Waals surface area contributed by atoms with Crippen LogP contribution < -0.4 is 10.5 Å². The molecular weight excluding hydrogens is 266 g/mol. The average molecular weight is 279 g/mol. The number of hydrogen-bond acceptors (Lipinski definition) is 3. The van der Waals surface area contributed by atoms with Gasteiger partial charge < -0.3 is 14.9 Å². The highest BCUT2D eigenvalue weighted by Gasteiger charge is 2.16. The Morgan fingerprint density at radius 1 is 0.952 bits per heavy atom. The molecule has 1 amide bonds. The Morgan fingerprint density at radius 2 is 1.76 bits per heavy atom. The highest BCUT2D eigenvalue weighted by molar-refractivity contribution is 5.87. The smallest absolute Gasteiger partial charge is 0.409 e. The van der Waals surface area contributed by atoms with E-state index in [0.29, 0.717) is 11.5 Å². The number of nitrogens with two attached hydrogens (primary N) is 1. The Bertz CT molecular complexity index is 749. The molecule has 3 aromatic rings. The molecule has 3 rings (SSSR count). The van der Waals surface area contributed by atoms with Gasteiger partial charge in [-0.15, -0.1) is 0 Å². The van der Waals surface area contributed by atoms with E-state index in [2.05, 4.69) is 0 Å². The van der Waals surface area contributed by atoms with Gasteiger partial charge in [0.05, 0.1) is 6.26 Å². The zero-order chi connectivity index (χ0) is 14.7. The predicted octanol–water partition coefficient (Wildman–Crippen LogP) is 4.07. The summed E-state index contributed by atoms with van der Waals surface area (Å²) in [6, 6.07) is 18.7. The number of hydrogen-bond donors (Lipinski definition) is 1. The molecule has 0 saturated heterocycles. The molecular formula is C17H13NO3. The van der Waals surface area contributed by atoms with Gasteiger partial charge in [0.2, 0.25) is 0 Å². The van der Waals surface area contributed by atoms with E-state index in [4.69, 9.17) is 14.9 Å². The second kappa shape index (κ2) is 5.54. The van der Waals surface area contributed by atoms with Crippen molar-refractivity contribution in [2.75, 3.05) is 0 Å². The number of carbonyl (C=O) groups excluding carboxylic acids is 1. The topological polar surface area (TPSA) is 65.5 Å². The lowest BCUT2D eigenvalue weighted by Gasteiger charge is -2.13. The Hall–Kier alpha value is -3.01. The summed E-state index contributed by atoms with van der Waals surface area (Å²) in [5, 5.41) is 0. The Morgan fingerprint density at radius 3 is 2.43 bits per heavy atom. The van der Waals surface area contributed by atoms with Gasteiger partial charge in [0, 0.05) is 11.1 Å². The number of amides is 1. The highest BCUT2D eigenvalue weighted by Crippen LogP contribution is 2.39. The summed E-state index contributed by atoms with van der Waals surface area (Å²) in [4.78, 5) is 11.1. The third-order valence-electron chi connectivity index (χ3n) is 3.09. The van der Waals surface area contributed by atoms with Crippen molar-refractivity contribution in [3.8, 4) is 28.2 Å². The van der Waals surface area contributed by atoms with Crippen LogP contribution in [0.5, 0.6) is 5.75 Å². The SMILES string of the molecule is NC(=O)Oc1cccc(-c2ccco2)c1-c1ccccc1. The van der Waals surface area contributed by atoms with E-state index in [9.17, 15) is 4.79 Å². The number of benzene rings is 2. The maximum absolute atomic E-state index is 11.1. The summed E-state index contributed by atoms with van der Waals surface area (Å²) in [5.41, 5.74) is 7.68. The van der Waals surface area contributed by atoms with Crippen LogP contribution in [0.4, 0.5) is 4.79 Å². The standard InChI is InChI=1S/C17H13NO3/c18-17(19)21-15-9-4-8-13(14-10-5-11-20-14)16(15)12-6-2-1-3-7-12/h1-11H,(H2,18,19). The molecule has 0 unspecified atom stereocenters. The number of rotatable bonds is 3. The lowest BCUT2D eigenvalue weighted by atomic mass is 9.97. The van der Waals surface area contributed by atoms with E-state index in [1.165, 1.54) is 0 Å². The van der Waals surface area contributed by atoms with Crippen LogP contribution in [-0.4, -0.2) is 6.09 Å². The molecule has 4 heteroatoms. The zero-order valence-corrected chi connectivity index (χ0v) is 11.2. The van der Waals surface area contributed by atoms with Crippen LogP contribution in [0.1, 0.15) is 0 Å². The summed E-state index contributed by atoms with van der Waals surface area (Å²) in [5.74, 6) is 1.10. The van der Waals surface area contributed by atoms with Crippen LogP contribution in [0.15, 0.2) is 71.3 Å². The molecule has 0 bridgehead atoms.